The lowest BCUT2D eigenvalue weighted by Gasteiger charge is -2.27. The first-order valence-electron chi connectivity index (χ1n) is 6.88. The van der Waals surface area contributed by atoms with E-state index in [2.05, 4.69) is 39.4 Å². The molecule has 1 heterocycles. The third kappa shape index (κ3) is 3.75. The van der Waals surface area contributed by atoms with Gasteiger partial charge in [-0.15, -0.1) is 12.4 Å². The van der Waals surface area contributed by atoms with E-state index in [1.807, 2.05) is 18.2 Å². The van der Waals surface area contributed by atoms with Crippen LogP contribution in [0.1, 0.15) is 12.0 Å². The molecule has 2 aromatic rings. The second-order valence-corrected chi connectivity index (χ2v) is 5.91. The van der Waals surface area contributed by atoms with Crippen molar-refractivity contribution in [1.82, 2.24) is 5.32 Å². The maximum atomic E-state index is 13.7. The van der Waals surface area contributed by atoms with Crippen LogP contribution < -0.4 is 5.32 Å². The van der Waals surface area contributed by atoms with E-state index in [-0.39, 0.29) is 18.5 Å². The molecule has 114 valence electrons. The Morgan fingerprint density at radius 2 is 2.05 bits per heavy atom. The van der Waals surface area contributed by atoms with Crippen LogP contribution in [0.4, 0.5) is 4.39 Å². The molecular formula is C16H18BrClFNO. The number of rotatable bonds is 3. The second-order valence-electron chi connectivity index (χ2n) is 5.12. The van der Waals surface area contributed by atoms with E-state index in [1.54, 1.807) is 0 Å². The molecular weight excluding hydrogens is 357 g/mol. The second kappa shape index (κ2) is 7.54. The summed E-state index contributed by atoms with van der Waals surface area (Å²) in [7, 11) is 0. The van der Waals surface area contributed by atoms with E-state index in [9.17, 15) is 4.39 Å². The third-order valence-corrected chi connectivity index (χ3v) is 4.68. The number of benzene rings is 2. The van der Waals surface area contributed by atoms with Crippen molar-refractivity contribution in [2.45, 2.75) is 25.3 Å². The highest BCUT2D eigenvalue weighted by Crippen LogP contribution is 2.28. The lowest BCUT2D eigenvalue weighted by molar-refractivity contribution is -0.0276. The van der Waals surface area contributed by atoms with Crippen LogP contribution in [0, 0.1) is 0 Å². The van der Waals surface area contributed by atoms with Crippen LogP contribution in [0.2, 0.25) is 0 Å². The van der Waals surface area contributed by atoms with Gasteiger partial charge >= 0.3 is 0 Å². The van der Waals surface area contributed by atoms with Crippen LogP contribution in [0.3, 0.4) is 0 Å². The van der Waals surface area contributed by atoms with Crippen molar-refractivity contribution in [3.05, 3.63) is 46.4 Å². The molecule has 0 bridgehead atoms. The smallest absolute Gasteiger partial charge is 0.139 e. The number of nitrogens with one attached hydrogen (secondary N) is 1. The van der Waals surface area contributed by atoms with E-state index >= 15 is 0 Å². The van der Waals surface area contributed by atoms with Crippen LogP contribution >= 0.6 is 28.3 Å². The quantitative estimate of drug-likeness (QED) is 0.867. The number of ether oxygens (including phenoxy) is 1. The first-order valence-corrected chi connectivity index (χ1v) is 7.67. The van der Waals surface area contributed by atoms with Crippen molar-refractivity contribution in [2.24, 2.45) is 0 Å². The van der Waals surface area contributed by atoms with Crippen LogP contribution in [-0.2, 0) is 11.3 Å². The SMILES string of the molecule is Cl.FC1CNCCC1OCc1ccc2ccccc2c1Br. The molecule has 1 aliphatic heterocycles. The van der Waals surface area contributed by atoms with Crippen molar-refractivity contribution >= 4 is 39.1 Å². The zero-order valence-corrected chi connectivity index (χ0v) is 13.9. The van der Waals surface area contributed by atoms with Gasteiger partial charge in [-0.3, -0.25) is 0 Å². The van der Waals surface area contributed by atoms with Crippen molar-refractivity contribution < 1.29 is 9.13 Å². The standard InChI is InChI=1S/C16H17BrFNO.ClH/c17-16-12(6-5-11-3-1-2-4-13(11)16)10-20-15-7-8-19-9-14(15)18;/h1-6,14-15,19H,7-10H2;1H. The van der Waals surface area contributed by atoms with Gasteiger partial charge in [-0.25, -0.2) is 4.39 Å². The molecule has 1 fully saturated rings. The Morgan fingerprint density at radius 3 is 2.86 bits per heavy atom. The van der Waals surface area contributed by atoms with Gasteiger partial charge in [0.05, 0.1) is 12.7 Å². The fourth-order valence-electron chi connectivity index (χ4n) is 2.57. The van der Waals surface area contributed by atoms with Crippen LogP contribution in [0.5, 0.6) is 0 Å². The highest BCUT2D eigenvalue weighted by atomic mass is 79.9. The Labute approximate surface area is 138 Å². The van der Waals surface area contributed by atoms with Gasteiger partial charge < -0.3 is 10.1 Å². The summed E-state index contributed by atoms with van der Waals surface area (Å²) in [6, 6.07) is 12.3. The predicted octanol–water partition coefficient (Wildman–Crippen LogP) is 4.24. The Morgan fingerprint density at radius 1 is 1.24 bits per heavy atom. The zero-order chi connectivity index (χ0) is 13.9. The summed E-state index contributed by atoms with van der Waals surface area (Å²) in [4.78, 5) is 0. The van der Waals surface area contributed by atoms with E-state index < -0.39 is 6.17 Å². The minimum absolute atomic E-state index is 0. The number of hydrogen-bond acceptors (Lipinski definition) is 2. The monoisotopic (exact) mass is 373 g/mol. The molecule has 0 saturated carbocycles. The molecule has 0 amide bonds. The van der Waals surface area contributed by atoms with Crippen molar-refractivity contribution in [2.75, 3.05) is 13.1 Å². The summed E-state index contributed by atoms with van der Waals surface area (Å²) in [5, 5.41) is 5.38. The Bertz CT molecular complexity index is 610. The molecule has 2 nitrogen and oxygen atoms in total. The van der Waals surface area contributed by atoms with Gasteiger partial charge in [0, 0.05) is 11.0 Å². The molecule has 2 aromatic carbocycles. The fraction of sp³-hybridized carbons (Fsp3) is 0.375. The Kier molecular flexibility index (Phi) is 5.99. The van der Waals surface area contributed by atoms with Gasteiger partial charge in [0.2, 0.25) is 0 Å². The summed E-state index contributed by atoms with van der Waals surface area (Å²) in [6.07, 6.45) is -0.482. The highest BCUT2D eigenvalue weighted by molar-refractivity contribution is 9.10. The average molecular weight is 375 g/mol. The minimum Gasteiger partial charge on any atom is -0.370 e. The molecule has 1 N–H and O–H groups in total. The van der Waals surface area contributed by atoms with Gasteiger partial charge in [0.25, 0.3) is 0 Å². The lowest BCUT2D eigenvalue weighted by atomic mass is 10.1. The van der Waals surface area contributed by atoms with Gasteiger partial charge in [0.1, 0.15) is 6.17 Å². The van der Waals surface area contributed by atoms with Crippen molar-refractivity contribution in [3.8, 4) is 0 Å². The first-order chi connectivity index (χ1) is 9.75. The topological polar surface area (TPSA) is 21.3 Å². The summed E-state index contributed by atoms with van der Waals surface area (Å²) < 4.78 is 20.5. The molecule has 3 rings (SSSR count). The Hall–Kier alpha value is -0.680. The van der Waals surface area contributed by atoms with Crippen molar-refractivity contribution in [3.63, 3.8) is 0 Å². The number of halogens is 3. The zero-order valence-electron chi connectivity index (χ0n) is 11.5. The highest BCUT2D eigenvalue weighted by Gasteiger charge is 2.25. The number of fused-ring (bicyclic) bond motifs is 1. The molecule has 0 aliphatic carbocycles. The molecule has 0 spiro atoms. The van der Waals surface area contributed by atoms with Crippen LogP contribution in [-0.4, -0.2) is 25.4 Å². The Balaban J connectivity index is 0.00000161. The van der Waals surface area contributed by atoms with Gasteiger partial charge in [-0.05, 0) is 45.2 Å². The van der Waals surface area contributed by atoms with Crippen LogP contribution in [0.25, 0.3) is 10.8 Å². The van der Waals surface area contributed by atoms with E-state index in [4.69, 9.17) is 4.74 Å². The number of hydrogen-bond donors (Lipinski definition) is 1. The van der Waals surface area contributed by atoms with E-state index in [1.165, 1.54) is 5.39 Å². The first kappa shape index (κ1) is 16.7. The average Bonchev–Trinajstić information content (AvgIpc) is 2.48. The summed E-state index contributed by atoms with van der Waals surface area (Å²) in [5.74, 6) is 0. The molecule has 21 heavy (non-hydrogen) atoms. The maximum absolute atomic E-state index is 13.7. The number of alkyl halides is 1. The lowest BCUT2D eigenvalue weighted by Crippen LogP contribution is -2.42. The van der Waals surface area contributed by atoms with E-state index in [0.717, 1.165) is 28.4 Å². The third-order valence-electron chi connectivity index (χ3n) is 3.74. The minimum atomic E-state index is -0.914. The van der Waals surface area contributed by atoms with Crippen LogP contribution in [0.15, 0.2) is 40.9 Å². The fourth-order valence-corrected chi connectivity index (χ4v) is 3.18. The molecule has 1 saturated heterocycles. The molecule has 5 heteroatoms. The van der Waals surface area contributed by atoms with E-state index in [0.29, 0.717) is 13.2 Å². The molecule has 1 aliphatic rings. The predicted molar refractivity (Wildman–Crippen MR) is 89.9 cm³/mol. The van der Waals surface area contributed by atoms with Gasteiger partial charge in [-0.1, -0.05) is 36.4 Å². The van der Waals surface area contributed by atoms with Gasteiger partial charge in [-0.2, -0.15) is 0 Å². The maximum Gasteiger partial charge on any atom is 0.139 e. The molecule has 0 aromatic heterocycles. The molecule has 2 atom stereocenters. The molecule has 2 unspecified atom stereocenters. The van der Waals surface area contributed by atoms with Gasteiger partial charge in [0.15, 0.2) is 0 Å². The normalized spacial score (nSPS) is 22.0. The number of piperidine rings is 1. The summed E-state index contributed by atoms with van der Waals surface area (Å²) >= 11 is 3.64. The van der Waals surface area contributed by atoms with Crippen molar-refractivity contribution in [1.29, 1.82) is 0 Å². The largest absolute Gasteiger partial charge is 0.370 e. The molecule has 0 radical (unpaired) electrons. The summed E-state index contributed by atoms with van der Waals surface area (Å²) in [6.45, 7) is 1.66. The summed E-state index contributed by atoms with van der Waals surface area (Å²) in [5.41, 5.74) is 1.06.